The third-order valence-corrected chi connectivity index (χ3v) is 6.59. The van der Waals surface area contributed by atoms with E-state index in [0.717, 1.165) is 39.6 Å². The molecule has 0 saturated carbocycles. The van der Waals surface area contributed by atoms with Gasteiger partial charge in [-0.15, -0.1) is 0 Å². The van der Waals surface area contributed by atoms with Crippen LogP contribution in [-0.4, -0.2) is 44.6 Å². The molecule has 1 amide bonds. The molecule has 34 heavy (non-hydrogen) atoms. The van der Waals surface area contributed by atoms with Crippen LogP contribution in [0.25, 0.3) is 16.6 Å². The van der Waals surface area contributed by atoms with Crippen LogP contribution in [0.3, 0.4) is 0 Å². The van der Waals surface area contributed by atoms with Crippen molar-refractivity contribution in [1.82, 2.24) is 19.5 Å². The van der Waals surface area contributed by atoms with Crippen molar-refractivity contribution < 1.29 is 18.3 Å². The molecule has 8 heteroatoms. The lowest BCUT2D eigenvalue weighted by Gasteiger charge is -2.32. The molecule has 0 N–H and O–H groups in total. The number of fused-ring (bicyclic) bond motifs is 3. The highest BCUT2D eigenvalue weighted by molar-refractivity contribution is 5.92. The molecule has 1 aliphatic rings. The lowest BCUT2D eigenvalue weighted by molar-refractivity contribution is -0.132. The molecule has 3 heterocycles. The van der Waals surface area contributed by atoms with Gasteiger partial charge >= 0.3 is 0 Å². The van der Waals surface area contributed by atoms with Crippen molar-refractivity contribution in [3.63, 3.8) is 0 Å². The molecule has 6 nitrogen and oxygen atoms in total. The Labute approximate surface area is 196 Å². The maximum atomic E-state index is 13.9. The number of halogens is 2. The van der Waals surface area contributed by atoms with Gasteiger partial charge in [0.2, 0.25) is 5.91 Å². The summed E-state index contributed by atoms with van der Waals surface area (Å²) in [6.07, 6.45) is 1.98. The highest BCUT2D eigenvalue weighted by atomic mass is 19.1. The zero-order valence-corrected chi connectivity index (χ0v) is 19.2. The monoisotopic (exact) mass is 464 g/mol. The standard InChI is InChI=1S/C26H26F2N4O2/c1-16-20(17(2)32-26(29-16)21-5-3-4-6-23(21)30-32)8-10-25(33)31-13-11-19(12-14-31)34-24-9-7-18(27)15-22(24)28/h3-7,9,15,19H,8,10-14H2,1-2H3. The van der Waals surface area contributed by atoms with Crippen molar-refractivity contribution in [3.05, 3.63) is 71.1 Å². The Morgan fingerprint density at radius 1 is 1.12 bits per heavy atom. The first-order valence-electron chi connectivity index (χ1n) is 11.5. The van der Waals surface area contributed by atoms with Crippen LogP contribution in [0.5, 0.6) is 5.75 Å². The number of carbonyl (C=O) groups is 1. The maximum absolute atomic E-state index is 13.9. The van der Waals surface area contributed by atoms with Gasteiger partial charge in [-0.1, -0.05) is 12.1 Å². The fourth-order valence-corrected chi connectivity index (χ4v) is 4.70. The van der Waals surface area contributed by atoms with Gasteiger partial charge < -0.3 is 9.64 Å². The molecule has 0 unspecified atom stereocenters. The predicted molar refractivity (Wildman–Crippen MR) is 125 cm³/mol. The molecule has 0 aliphatic carbocycles. The van der Waals surface area contributed by atoms with E-state index in [1.165, 1.54) is 12.1 Å². The fraction of sp³-hybridized carbons (Fsp3) is 0.346. The van der Waals surface area contributed by atoms with E-state index in [1.54, 1.807) is 0 Å². The average Bonchev–Trinajstić information content (AvgIpc) is 3.20. The van der Waals surface area contributed by atoms with E-state index in [0.29, 0.717) is 38.8 Å². The normalized spacial score (nSPS) is 14.8. The van der Waals surface area contributed by atoms with Crippen LogP contribution < -0.4 is 4.74 Å². The summed E-state index contributed by atoms with van der Waals surface area (Å²) < 4.78 is 34.5. The zero-order chi connectivity index (χ0) is 23.8. The van der Waals surface area contributed by atoms with Crippen LogP contribution in [-0.2, 0) is 11.2 Å². The first-order chi connectivity index (χ1) is 16.4. The minimum atomic E-state index is -0.708. The molecule has 4 aromatic rings. The molecule has 1 aliphatic heterocycles. The Hall–Kier alpha value is -3.55. The third kappa shape index (κ3) is 4.20. The van der Waals surface area contributed by atoms with Crippen molar-refractivity contribution >= 4 is 22.5 Å². The Balaban J connectivity index is 1.21. The van der Waals surface area contributed by atoms with Crippen molar-refractivity contribution in [1.29, 1.82) is 0 Å². The maximum Gasteiger partial charge on any atom is 0.222 e. The van der Waals surface area contributed by atoms with E-state index in [-0.39, 0.29) is 17.8 Å². The lowest BCUT2D eigenvalue weighted by Crippen LogP contribution is -2.42. The number of aryl methyl sites for hydroxylation is 2. The number of aromatic nitrogens is 3. The summed E-state index contributed by atoms with van der Waals surface area (Å²) in [6, 6.07) is 11.2. The van der Waals surface area contributed by atoms with E-state index in [9.17, 15) is 13.6 Å². The largest absolute Gasteiger partial charge is 0.487 e. The summed E-state index contributed by atoms with van der Waals surface area (Å²) in [5.74, 6) is -1.21. The summed E-state index contributed by atoms with van der Waals surface area (Å²) in [6.45, 7) is 5.09. The summed E-state index contributed by atoms with van der Waals surface area (Å²) in [5.41, 5.74) is 4.69. The molecule has 2 aromatic heterocycles. The van der Waals surface area contributed by atoms with Crippen LogP contribution in [0.4, 0.5) is 8.78 Å². The average molecular weight is 465 g/mol. The van der Waals surface area contributed by atoms with Crippen LogP contribution in [0.1, 0.15) is 36.2 Å². The number of carbonyl (C=O) groups excluding carboxylic acids is 1. The molecule has 0 bridgehead atoms. The quantitative estimate of drug-likeness (QED) is 0.427. The number of piperidine rings is 1. The number of nitrogens with zero attached hydrogens (tertiary/aromatic N) is 4. The number of hydrogen-bond donors (Lipinski definition) is 0. The molecule has 5 rings (SSSR count). The topological polar surface area (TPSA) is 59.7 Å². The smallest absolute Gasteiger partial charge is 0.222 e. The second-order valence-electron chi connectivity index (χ2n) is 8.79. The molecular weight excluding hydrogens is 438 g/mol. The van der Waals surface area contributed by atoms with Crippen molar-refractivity contribution in [2.45, 2.75) is 45.6 Å². The Bertz CT molecular complexity index is 1380. The van der Waals surface area contributed by atoms with E-state index in [2.05, 4.69) is 5.10 Å². The number of benzene rings is 2. The molecule has 0 atom stereocenters. The van der Waals surface area contributed by atoms with Crippen LogP contribution >= 0.6 is 0 Å². The van der Waals surface area contributed by atoms with Gasteiger partial charge in [-0.2, -0.15) is 5.10 Å². The Morgan fingerprint density at radius 2 is 1.88 bits per heavy atom. The van der Waals surface area contributed by atoms with Gasteiger partial charge in [0.1, 0.15) is 11.9 Å². The SMILES string of the molecule is Cc1nc2c3ccccc3nn2c(C)c1CCC(=O)N1CCC(Oc2ccc(F)cc2F)CC1. The number of rotatable bonds is 5. The lowest BCUT2D eigenvalue weighted by atomic mass is 10.0. The number of ether oxygens (including phenoxy) is 1. The summed E-state index contributed by atoms with van der Waals surface area (Å²) in [5, 5.41) is 5.70. The minimum Gasteiger partial charge on any atom is -0.487 e. The second-order valence-corrected chi connectivity index (χ2v) is 8.79. The van der Waals surface area contributed by atoms with E-state index in [1.807, 2.05) is 47.5 Å². The van der Waals surface area contributed by atoms with E-state index >= 15 is 0 Å². The molecule has 0 radical (unpaired) electrons. The molecule has 1 fully saturated rings. The molecule has 0 spiro atoms. The van der Waals surface area contributed by atoms with Gasteiger partial charge in [0.05, 0.1) is 5.52 Å². The number of likely N-dealkylation sites (tertiary alicyclic amines) is 1. The van der Waals surface area contributed by atoms with Gasteiger partial charge in [-0.25, -0.2) is 18.3 Å². The first kappa shape index (κ1) is 22.3. The van der Waals surface area contributed by atoms with Crippen molar-refractivity contribution in [2.75, 3.05) is 13.1 Å². The van der Waals surface area contributed by atoms with E-state index < -0.39 is 11.6 Å². The third-order valence-electron chi connectivity index (χ3n) is 6.59. The summed E-state index contributed by atoms with van der Waals surface area (Å²) in [4.78, 5) is 19.5. The van der Waals surface area contributed by atoms with E-state index in [4.69, 9.17) is 9.72 Å². The van der Waals surface area contributed by atoms with Crippen LogP contribution in [0.2, 0.25) is 0 Å². The molecule has 176 valence electrons. The van der Waals surface area contributed by atoms with Gasteiger partial charge in [0.25, 0.3) is 0 Å². The van der Waals surface area contributed by atoms with Crippen LogP contribution in [0, 0.1) is 25.5 Å². The van der Waals surface area contributed by atoms with Crippen molar-refractivity contribution in [2.24, 2.45) is 0 Å². The first-order valence-corrected chi connectivity index (χ1v) is 11.5. The molecule has 2 aromatic carbocycles. The Kier molecular flexibility index (Phi) is 5.89. The minimum absolute atomic E-state index is 0.0475. The summed E-state index contributed by atoms with van der Waals surface area (Å²) >= 11 is 0. The molecule has 1 saturated heterocycles. The number of amides is 1. The zero-order valence-electron chi connectivity index (χ0n) is 19.2. The molecular formula is C26H26F2N4O2. The highest BCUT2D eigenvalue weighted by Gasteiger charge is 2.25. The highest BCUT2D eigenvalue weighted by Crippen LogP contribution is 2.25. The van der Waals surface area contributed by atoms with Gasteiger partial charge in [-0.3, -0.25) is 4.79 Å². The van der Waals surface area contributed by atoms with Crippen molar-refractivity contribution in [3.8, 4) is 5.75 Å². The van der Waals surface area contributed by atoms with Gasteiger partial charge in [-0.05, 0) is 50.1 Å². The number of hydrogen-bond acceptors (Lipinski definition) is 4. The predicted octanol–water partition coefficient (Wildman–Crippen LogP) is 4.78. The van der Waals surface area contributed by atoms with Crippen LogP contribution in [0.15, 0.2) is 42.5 Å². The van der Waals surface area contributed by atoms with Gasteiger partial charge in [0.15, 0.2) is 17.2 Å². The fourth-order valence-electron chi connectivity index (χ4n) is 4.70. The Morgan fingerprint density at radius 3 is 2.65 bits per heavy atom. The van der Waals surface area contributed by atoms with Gasteiger partial charge in [0, 0.05) is 55.2 Å². The summed E-state index contributed by atoms with van der Waals surface area (Å²) in [7, 11) is 0. The second kappa shape index (κ2) is 9.00.